The maximum absolute atomic E-state index is 12.6. The molecule has 0 saturated carbocycles. The van der Waals surface area contributed by atoms with Gasteiger partial charge in [-0.2, -0.15) is 0 Å². The second-order valence-corrected chi connectivity index (χ2v) is 7.71. The number of piperidine rings is 1. The lowest BCUT2D eigenvalue weighted by atomic mass is 9.82. The van der Waals surface area contributed by atoms with Gasteiger partial charge in [-0.1, -0.05) is 30.3 Å². The van der Waals surface area contributed by atoms with Crippen molar-refractivity contribution in [1.82, 2.24) is 15.1 Å². The Morgan fingerprint density at radius 3 is 2.50 bits per heavy atom. The number of nitrogens with zero attached hydrogens (tertiary/aromatic N) is 2. The van der Waals surface area contributed by atoms with E-state index in [-0.39, 0.29) is 23.3 Å². The number of nitrogens with one attached hydrogen (secondary N) is 1. The molecular formula is C20H27N3O3. The highest BCUT2D eigenvalue weighted by Crippen LogP contribution is 2.39. The van der Waals surface area contributed by atoms with Crippen LogP contribution in [0.4, 0.5) is 0 Å². The minimum atomic E-state index is -0.146. The second kappa shape index (κ2) is 7.37. The molecule has 1 aromatic carbocycles. The smallest absolute Gasteiger partial charge is 0.236 e. The molecule has 0 aliphatic carbocycles. The van der Waals surface area contributed by atoms with E-state index < -0.39 is 0 Å². The fourth-order valence-corrected chi connectivity index (χ4v) is 4.40. The maximum atomic E-state index is 12.6. The average Bonchev–Trinajstić information content (AvgIpc) is 2.99. The van der Waals surface area contributed by atoms with E-state index in [2.05, 4.69) is 10.2 Å². The first-order valence-corrected chi connectivity index (χ1v) is 9.60. The van der Waals surface area contributed by atoms with Crippen LogP contribution in [0.5, 0.6) is 0 Å². The Hall–Kier alpha value is -1.92. The van der Waals surface area contributed by atoms with Gasteiger partial charge in [-0.05, 0) is 24.8 Å². The summed E-state index contributed by atoms with van der Waals surface area (Å²) in [5.74, 6) is 0.266. The van der Waals surface area contributed by atoms with E-state index in [0.717, 1.165) is 51.0 Å². The summed E-state index contributed by atoms with van der Waals surface area (Å²) in [6.07, 6.45) is 2.52. The molecule has 0 radical (unpaired) electrons. The molecule has 0 aromatic heterocycles. The van der Waals surface area contributed by atoms with Crippen molar-refractivity contribution in [3.05, 3.63) is 35.9 Å². The molecule has 2 amide bonds. The summed E-state index contributed by atoms with van der Waals surface area (Å²) in [6.45, 7) is 5.02. The zero-order valence-corrected chi connectivity index (χ0v) is 15.2. The first kappa shape index (κ1) is 17.5. The Morgan fingerprint density at radius 2 is 1.81 bits per heavy atom. The molecule has 26 heavy (non-hydrogen) atoms. The SMILES string of the molecule is O=C1NC2(CCN(C(=O)CN3CCOCC3)CC2)C[C@H]1c1ccccc1. The van der Waals surface area contributed by atoms with Crippen molar-refractivity contribution < 1.29 is 14.3 Å². The van der Waals surface area contributed by atoms with E-state index in [1.165, 1.54) is 0 Å². The molecule has 1 N–H and O–H groups in total. The van der Waals surface area contributed by atoms with Crippen molar-refractivity contribution in [3.63, 3.8) is 0 Å². The third-order valence-corrected chi connectivity index (χ3v) is 6.04. The van der Waals surface area contributed by atoms with Gasteiger partial charge in [0.25, 0.3) is 0 Å². The molecule has 1 atom stereocenters. The highest BCUT2D eigenvalue weighted by molar-refractivity contribution is 5.87. The molecule has 3 heterocycles. The largest absolute Gasteiger partial charge is 0.379 e. The Bertz CT molecular complexity index is 650. The quantitative estimate of drug-likeness (QED) is 0.876. The number of carbonyl (C=O) groups excluding carboxylic acids is 2. The molecule has 4 rings (SSSR count). The molecule has 6 nitrogen and oxygen atoms in total. The van der Waals surface area contributed by atoms with Crippen molar-refractivity contribution in [2.45, 2.75) is 30.7 Å². The fraction of sp³-hybridized carbons (Fsp3) is 0.600. The molecule has 3 fully saturated rings. The van der Waals surface area contributed by atoms with Crippen molar-refractivity contribution in [3.8, 4) is 0 Å². The summed E-state index contributed by atoms with van der Waals surface area (Å²) in [7, 11) is 0. The van der Waals surface area contributed by atoms with Gasteiger partial charge in [0.15, 0.2) is 0 Å². The number of benzene rings is 1. The lowest BCUT2D eigenvalue weighted by Gasteiger charge is -2.40. The summed E-state index contributed by atoms with van der Waals surface area (Å²) in [6, 6.07) is 10.0. The molecule has 3 aliphatic rings. The number of likely N-dealkylation sites (tertiary alicyclic amines) is 1. The van der Waals surface area contributed by atoms with Crippen molar-refractivity contribution in [2.75, 3.05) is 45.9 Å². The first-order valence-electron chi connectivity index (χ1n) is 9.60. The van der Waals surface area contributed by atoms with Crippen LogP contribution in [0.2, 0.25) is 0 Å². The Labute approximate surface area is 154 Å². The zero-order chi connectivity index (χ0) is 18.0. The summed E-state index contributed by atoms with van der Waals surface area (Å²) in [5.41, 5.74) is 0.945. The van der Waals surface area contributed by atoms with Crippen LogP contribution in [0.15, 0.2) is 30.3 Å². The van der Waals surface area contributed by atoms with Gasteiger partial charge in [-0.25, -0.2) is 0 Å². The van der Waals surface area contributed by atoms with Gasteiger partial charge in [-0.3, -0.25) is 14.5 Å². The van der Waals surface area contributed by atoms with E-state index in [9.17, 15) is 9.59 Å². The first-order chi connectivity index (χ1) is 12.7. The molecule has 0 unspecified atom stereocenters. The molecule has 1 aromatic rings. The number of rotatable bonds is 3. The van der Waals surface area contributed by atoms with Gasteiger partial charge < -0.3 is 15.0 Å². The molecule has 6 heteroatoms. The number of hydrogen-bond acceptors (Lipinski definition) is 4. The van der Waals surface area contributed by atoms with Crippen molar-refractivity contribution in [1.29, 1.82) is 0 Å². The third-order valence-electron chi connectivity index (χ3n) is 6.04. The zero-order valence-electron chi connectivity index (χ0n) is 15.2. The minimum absolute atomic E-state index is 0.0631. The Kier molecular flexibility index (Phi) is 4.96. The number of morpholine rings is 1. The van der Waals surface area contributed by atoms with Gasteiger partial charge >= 0.3 is 0 Å². The molecule has 1 spiro atoms. The van der Waals surface area contributed by atoms with Crippen LogP contribution in [0.1, 0.15) is 30.7 Å². The van der Waals surface area contributed by atoms with E-state index in [1.54, 1.807) is 0 Å². The van der Waals surface area contributed by atoms with E-state index in [0.29, 0.717) is 19.8 Å². The third kappa shape index (κ3) is 3.62. The average molecular weight is 357 g/mol. The fourth-order valence-electron chi connectivity index (χ4n) is 4.40. The van der Waals surface area contributed by atoms with Gasteiger partial charge in [0.2, 0.25) is 11.8 Å². The van der Waals surface area contributed by atoms with Crippen molar-refractivity contribution in [2.24, 2.45) is 0 Å². The number of amides is 2. The van der Waals surface area contributed by atoms with Gasteiger partial charge in [0.05, 0.1) is 25.7 Å². The van der Waals surface area contributed by atoms with Crippen LogP contribution in [0, 0.1) is 0 Å². The summed E-state index contributed by atoms with van der Waals surface area (Å²) in [4.78, 5) is 29.2. The lowest BCUT2D eigenvalue weighted by molar-refractivity contribution is -0.135. The summed E-state index contributed by atoms with van der Waals surface area (Å²) >= 11 is 0. The van der Waals surface area contributed by atoms with Crippen LogP contribution in [-0.4, -0.2) is 73.1 Å². The normalized spacial score (nSPS) is 26.1. The minimum Gasteiger partial charge on any atom is -0.379 e. The van der Waals surface area contributed by atoms with Crippen LogP contribution in [0.3, 0.4) is 0 Å². The molecule has 3 saturated heterocycles. The summed E-state index contributed by atoms with van der Waals surface area (Å²) in [5, 5.41) is 3.25. The Balaban J connectivity index is 1.33. The van der Waals surface area contributed by atoms with E-state index >= 15 is 0 Å². The Morgan fingerprint density at radius 1 is 1.12 bits per heavy atom. The molecule has 3 aliphatic heterocycles. The maximum Gasteiger partial charge on any atom is 0.236 e. The van der Waals surface area contributed by atoms with Gasteiger partial charge in [-0.15, -0.1) is 0 Å². The van der Waals surface area contributed by atoms with Crippen LogP contribution >= 0.6 is 0 Å². The predicted molar refractivity (Wildman–Crippen MR) is 97.7 cm³/mol. The number of hydrogen-bond donors (Lipinski definition) is 1. The molecular weight excluding hydrogens is 330 g/mol. The lowest BCUT2D eigenvalue weighted by Crippen LogP contribution is -2.54. The van der Waals surface area contributed by atoms with E-state index in [1.807, 2.05) is 35.2 Å². The number of carbonyl (C=O) groups is 2. The monoisotopic (exact) mass is 357 g/mol. The van der Waals surface area contributed by atoms with Gasteiger partial charge in [0.1, 0.15) is 0 Å². The second-order valence-electron chi connectivity index (χ2n) is 7.71. The van der Waals surface area contributed by atoms with Crippen LogP contribution in [0.25, 0.3) is 0 Å². The van der Waals surface area contributed by atoms with Crippen LogP contribution < -0.4 is 5.32 Å². The van der Waals surface area contributed by atoms with Crippen molar-refractivity contribution >= 4 is 11.8 Å². The molecule has 0 bridgehead atoms. The number of ether oxygens (including phenoxy) is 1. The van der Waals surface area contributed by atoms with Crippen LogP contribution in [-0.2, 0) is 14.3 Å². The van der Waals surface area contributed by atoms with E-state index in [4.69, 9.17) is 4.74 Å². The summed E-state index contributed by atoms with van der Waals surface area (Å²) < 4.78 is 5.34. The molecule has 140 valence electrons. The standard InChI is InChI=1S/C20H27N3O3/c24-18(15-22-10-12-26-13-11-22)23-8-6-20(7-9-23)14-17(19(25)21-20)16-4-2-1-3-5-16/h1-5,17H,6-15H2,(H,21,25)/t17-/m0/s1. The van der Waals surface area contributed by atoms with Gasteiger partial charge in [0, 0.05) is 31.7 Å². The topological polar surface area (TPSA) is 61.9 Å². The highest BCUT2D eigenvalue weighted by atomic mass is 16.5. The predicted octanol–water partition coefficient (Wildman–Crippen LogP) is 0.984. The highest BCUT2D eigenvalue weighted by Gasteiger charge is 2.46.